The van der Waals surface area contributed by atoms with Crippen LogP contribution in [0.4, 0.5) is 5.69 Å². The summed E-state index contributed by atoms with van der Waals surface area (Å²) < 4.78 is 21.7. The van der Waals surface area contributed by atoms with Crippen LogP contribution in [0, 0.1) is 0 Å². The number of hydrazine groups is 1. The number of hydrogen-bond donors (Lipinski definition) is 6. The molecule has 0 fully saturated rings. The second kappa shape index (κ2) is 9.21. The highest BCUT2D eigenvalue weighted by molar-refractivity contribution is 7.96. The summed E-state index contributed by atoms with van der Waals surface area (Å²) in [5, 5.41) is 3.94. The minimum Gasteiger partial charge on any atom is -0.382 e. The van der Waals surface area contributed by atoms with Crippen LogP contribution in [-0.2, 0) is 15.3 Å². The Balaban J connectivity index is 2.40. The van der Waals surface area contributed by atoms with Crippen LogP contribution in [0.15, 0.2) is 46.7 Å². The molecule has 0 amide bonds. The van der Waals surface area contributed by atoms with Crippen molar-refractivity contribution in [3.63, 3.8) is 0 Å². The topological polar surface area (TPSA) is 173 Å². The zero-order valence-corrected chi connectivity index (χ0v) is 17.3. The van der Waals surface area contributed by atoms with Gasteiger partial charge in [-0.1, -0.05) is 18.2 Å². The molecule has 154 valence electrons. The van der Waals surface area contributed by atoms with E-state index in [1.54, 1.807) is 30.8 Å². The minimum atomic E-state index is -1.53. The molecule has 1 atom stereocenters. The number of fused-ring (bicyclic) bond motifs is 1. The van der Waals surface area contributed by atoms with E-state index in [1.807, 2.05) is 24.3 Å². The smallest absolute Gasteiger partial charge is 0.154 e. The van der Waals surface area contributed by atoms with Gasteiger partial charge in [0.25, 0.3) is 0 Å². The fraction of sp³-hybridized carbons (Fsp3) is 0.125. The van der Waals surface area contributed by atoms with Gasteiger partial charge in [-0.3, -0.25) is 4.31 Å². The summed E-state index contributed by atoms with van der Waals surface area (Å²) in [6.45, 7) is 0. The number of nitrogens with two attached hydrogens (primary N) is 3. The predicted molar refractivity (Wildman–Crippen MR) is 116 cm³/mol. The van der Waals surface area contributed by atoms with Gasteiger partial charge in [0.2, 0.25) is 0 Å². The second-order valence-corrected chi connectivity index (χ2v) is 7.98. The quantitative estimate of drug-likeness (QED) is 0.0733. The average Bonchev–Trinajstić information content (AvgIpc) is 3.21. The highest BCUT2D eigenvalue weighted by Gasteiger charge is 2.25. The van der Waals surface area contributed by atoms with E-state index < -0.39 is 11.0 Å². The van der Waals surface area contributed by atoms with Gasteiger partial charge in [0.05, 0.1) is 33.5 Å². The molecule has 9 N–H and O–H groups in total. The number of aromatic nitrogens is 2. The maximum Gasteiger partial charge on any atom is 0.154 e. The molecule has 3 rings (SSSR count). The van der Waals surface area contributed by atoms with E-state index in [9.17, 15) is 4.21 Å². The molecule has 3 aromatic rings. The first-order valence-corrected chi connectivity index (χ1v) is 10.1. The van der Waals surface area contributed by atoms with Gasteiger partial charge in [-0.15, -0.1) is 5.10 Å². The Bertz CT molecular complexity index is 1070. The number of anilines is 1. The molecule has 0 saturated carbocycles. The lowest BCUT2D eigenvalue weighted by Gasteiger charge is -2.24. The van der Waals surface area contributed by atoms with Gasteiger partial charge in [0.1, 0.15) is 23.2 Å². The van der Waals surface area contributed by atoms with E-state index in [0.717, 1.165) is 34.4 Å². The highest BCUT2D eigenvalue weighted by Crippen LogP contribution is 2.39. The Kier molecular flexibility index (Phi) is 6.68. The van der Waals surface area contributed by atoms with E-state index in [-0.39, 0.29) is 5.84 Å². The van der Waals surface area contributed by atoms with E-state index in [1.165, 1.54) is 0 Å². The maximum atomic E-state index is 12.6. The van der Waals surface area contributed by atoms with Crippen molar-refractivity contribution in [2.75, 3.05) is 18.4 Å². The van der Waals surface area contributed by atoms with Gasteiger partial charge in [0.15, 0.2) is 5.84 Å². The summed E-state index contributed by atoms with van der Waals surface area (Å²) >= 11 is 0.850. The number of aromatic amines is 1. The Hall–Kier alpha value is -2.68. The highest BCUT2D eigenvalue weighted by atomic mass is 32.2. The minimum absolute atomic E-state index is 0.0875. The normalized spacial score (nSPS) is 12.9. The molecule has 0 spiro atoms. The van der Waals surface area contributed by atoms with Gasteiger partial charge in [-0.05, 0) is 24.7 Å². The van der Waals surface area contributed by atoms with Crippen molar-refractivity contribution in [1.29, 1.82) is 0 Å². The largest absolute Gasteiger partial charge is 0.382 e. The summed E-state index contributed by atoms with van der Waals surface area (Å²) in [4.78, 5) is 7.96. The Morgan fingerprint density at radius 3 is 2.83 bits per heavy atom. The van der Waals surface area contributed by atoms with Crippen LogP contribution in [-0.4, -0.2) is 34.1 Å². The van der Waals surface area contributed by atoms with Crippen molar-refractivity contribution in [3.05, 3.63) is 42.2 Å². The lowest BCUT2D eigenvalue weighted by molar-refractivity contribution is 0.397. The standard InChI is InChI=1S/C16H21N9O2S2/c1-20-29(26)12-7-6-9(10-4-3-5-11-14(10)22-8-21-11)13(16(17)23-24-18)15(12)25(2)28-27-19/h3-8,20,24H,18-19H2,1-2H3,(H2,17,23)(H,21,22). The van der Waals surface area contributed by atoms with Gasteiger partial charge >= 0.3 is 0 Å². The molecule has 1 heterocycles. The van der Waals surface area contributed by atoms with Crippen LogP contribution >= 0.6 is 12.2 Å². The van der Waals surface area contributed by atoms with Gasteiger partial charge < -0.3 is 10.7 Å². The molecule has 0 aliphatic carbocycles. The zero-order valence-electron chi connectivity index (χ0n) is 15.7. The van der Waals surface area contributed by atoms with Crippen LogP contribution in [0.5, 0.6) is 0 Å². The average molecular weight is 436 g/mol. The van der Waals surface area contributed by atoms with Crippen molar-refractivity contribution in [1.82, 2.24) is 20.2 Å². The number of imidazole rings is 1. The van der Waals surface area contributed by atoms with Crippen LogP contribution in [0.1, 0.15) is 5.56 Å². The lowest BCUT2D eigenvalue weighted by atomic mass is 9.96. The zero-order chi connectivity index (χ0) is 21.0. The summed E-state index contributed by atoms with van der Waals surface area (Å²) in [6.07, 6.45) is 1.61. The summed E-state index contributed by atoms with van der Waals surface area (Å²) in [6, 6.07) is 9.28. The van der Waals surface area contributed by atoms with Crippen LogP contribution in [0.25, 0.3) is 22.2 Å². The third-order valence-corrected chi connectivity index (χ3v) is 5.77. The fourth-order valence-corrected chi connectivity index (χ4v) is 4.32. The van der Waals surface area contributed by atoms with E-state index >= 15 is 0 Å². The molecular formula is C16H21N9O2S2. The lowest BCUT2D eigenvalue weighted by Crippen LogP contribution is -2.27. The molecule has 0 aliphatic heterocycles. The molecule has 0 saturated heterocycles. The molecule has 1 unspecified atom stereocenters. The number of rotatable bonds is 8. The molecule has 11 nitrogen and oxygen atoms in total. The maximum absolute atomic E-state index is 12.6. The van der Waals surface area contributed by atoms with Crippen LogP contribution in [0.3, 0.4) is 0 Å². The third kappa shape index (κ3) is 4.05. The number of nitrogens with one attached hydrogen (secondary N) is 3. The monoisotopic (exact) mass is 435 g/mol. The Morgan fingerprint density at radius 2 is 2.14 bits per heavy atom. The van der Waals surface area contributed by atoms with Crippen molar-refractivity contribution < 1.29 is 8.49 Å². The molecule has 13 heteroatoms. The fourth-order valence-electron chi connectivity index (χ4n) is 3.04. The second-order valence-electron chi connectivity index (χ2n) is 5.71. The Labute approximate surface area is 173 Å². The van der Waals surface area contributed by atoms with Gasteiger partial charge in [-0.25, -0.2) is 35.5 Å². The van der Waals surface area contributed by atoms with E-state index in [4.69, 9.17) is 21.8 Å². The van der Waals surface area contributed by atoms with Crippen molar-refractivity contribution in [2.45, 2.75) is 4.90 Å². The number of para-hydroxylation sites is 1. The molecule has 1 aromatic heterocycles. The first kappa shape index (κ1) is 21.0. The number of H-pyrrole nitrogens is 1. The van der Waals surface area contributed by atoms with E-state index in [2.05, 4.69) is 25.3 Å². The molecule has 2 aromatic carbocycles. The Morgan fingerprint density at radius 1 is 1.34 bits per heavy atom. The molecule has 0 radical (unpaired) electrons. The van der Waals surface area contributed by atoms with Crippen LogP contribution in [0.2, 0.25) is 0 Å². The summed E-state index contributed by atoms with van der Waals surface area (Å²) in [5.74, 6) is 10.7. The molecule has 29 heavy (non-hydrogen) atoms. The number of hydrazone groups is 1. The number of benzene rings is 2. The number of amidine groups is 1. The molecular weight excluding hydrogens is 414 g/mol. The van der Waals surface area contributed by atoms with Crippen LogP contribution < -0.4 is 32.0 Å². The third-order valence-electron chi connectivity index (χ3n) is 4.18. The first-order chi connectivity index (χ1) is 14.0. The van der Waals surface area contributed by atoms with Crippen molar-refractivity contribution in [3.8, 4) is 11.1 Å². The number of hydrogen-bond acceptors (Lipinski definition) is 9. The van der Waals surface area contributed by atoms with E-state index in [0.29, 0.717) is 16.1 Å². The molecule has 0 aliphatic rings. The first-order valence-electron chi connectivity index (χ1n) is 8.28. The number of nitrogens with zero attached hydrogens (tertiary/aromatic N) is 3. The molecule has 0 bridgehead atoms. The summed E-state index contributed by atoms with van der Waals surface area (Å²) in [7, 11) is 1.76. The predicted octanol–water partition coefficient (Wildman–Crippen LogP) is 0.445. The van der Waals surface area contributed by atoms with Crippen molar-refractivity contribution >= 4 is 45.8 Å². The van der Waals surface area contributed by atoms with Gasteiger partial charge in [-0.2, -0.15) is 0 Å². The van der Waals surface area contributed by atoms with Crippen molar-refractivity contribution in [2.24, 2.45) is 22.6 Å². The van der Waals surface area contributed by atoms with Gasteiger partial charge in [0, 0.05) is 12.6 Å². The SMILES string of the molecule is CNS(=O)c1ccc(-c2cccc3[nH]cnc23)c(/C(N)=N/NN)c1N(C)SON. The summed E-state index contributed by atoms with van der Waals surface area (Å²) in [5.41, 5.74) is 12.6.